The molecule has 2 amide bonds. The van der Waals surface area contributed by atoms with Gasteiger partial charge in [-0.05, 0) is 84.4 Å². The first-order chi connectivity index (χ1) is 15.0. The van der Waals surface area contributed by atoms with Gasteiger partial charge in [-0.25, -0.2) is 0 Å². The van der Waals surface area contributed by atoms with E-state index in [-0.39, 0.29) is 11.8 Å². The lowest BCUT2D eigenvalue weighted by Gasteiger charge is -2.13. The van der Waals surface area contributed by atoms with Crippen molar-refractivity contribution in [1.29, 1.82) is 0 Å². The van der Waals surface area contributed by atoms with Gasteiger partial charge in [0, 0.05) is 11.3 Å². The van der Waals surface area contributed by atoms with Crippen molar-refractivity contribution in [3.63, 3.8) is 0 Å². The number of para-hydroxylation sites is 1. The summed E-state index contributed by atoms with van der Waals surface area (Å²) in [6.45, 7) is 4.90. The Morgan fingerprint density at radius 3 is 2.23 bits per heavy atom. The molecule has 31 heavy (non-hydrogen) atoms. The second kappa shape index (κ2) is 10.6. The maximum absolute atomic E-state index is 12.8. The number of hydrogen-bond donors (Lipinski definition) is 2. The molecular weight excluding hydrogens is 460 g/mol. The largest absolute Gasteiger partial charge is 0.494 e. The Morgan fingerprint density at radius 1 is 0.839 bits per heavy atom. The summed E-state index contributed by atoms with van der Waals surface area (Å²) < 4.78 is 11.6. The molecule has 0 unspecified atom stereocenters. The fourth-order valence-corrected chi connectivity index (χ4v) is 3.39. The van der Waals surface area contributed by atoms with Gasteiger partial charge in [0.15, 0.2) is 0 Å². The van der Waals surface area contributed by atoms with Crippen LogP contribution in [0.15, 0.2) is 71.2 Å². The molecular formula is C24H23BrN2O4. The van der Waals surface area contributed by atoms with Gasteiger partial charge in [-0.1, -0.05) is 12.1 Å². The van der Waals surface area contributed by atoms with Crippen LogP contribution in [0, 0.1) is 0 Å². The van der Waals surface area contributed by atoms with E-state index in [0.717, 1.165) is 5.75 Å². The van der Waals surface area contributed by atoms with Gasteiger partial charge in [-0.15, -0.1) is 0 Å². The Balaban J connectivity index is 1.74. The summed E-state index contributed by atoms with van der Waals surface area (Å²) in [6, 6.07) is 19.1. The number of anilines is 2. The lowest BCUT2D eigenvalue weighted by atomic mass is 10.1. The van der Waals surface area contributed by atoms with Crippen LogP contribution >= 0.6 is 15.9 Å². The summed E-state index contributed by atoms with van der Waals surface area (Å²) in [7, 11) is 0. The van der Waals surface area contributed by atoms with Crippen molar-refractivity contribution in [2.75, 3.05) is 23.8 Å². The Kier molecular flexibility index (Phi) is 7.67. The summed E-state index contributed by atoms with van der Waals surface area (Å²) in [6.07, 6.45) is 0. The van der Waals surface area contributed by atoms with Crippen LogP contribution < -0.4 is 20.1 Å². The van der Waals surface area contributed by atoms with Gasteiger partial charge in [-0.2, -0.15) is 0 Å². The molecule has 0 fully saturated rings. The molecule has 0 spiro atoms. The highest BCUT2D eigenvalue weighted by Gasteiger charge is 2.15. The van der Waals surface area contributed by atoms with Gasteiger partial charge in [0.1, 0.15) is 11.5 Å². The van der Waals surface area contributed by atoms with Gasteiger partial charge < -0.3 is 20.1 Å². The Hall–Kier alpha value is -3.32. The molecule has 0 aliphatic carbocycles. The van der Waals surface area contributed by atoms with Gasteiger partial charge in [-0.3, -0.25) is 9.59 Å². The molecule has 0 bridgehead atoms. The lowest BCUT2D eigenvalue weighted by molar-refractivity contribution is 0.102. The number of nitrogens with one attached hydrogen (secondary N) is 2. The molecule has 0 aliphatic heterocycles. The fraction of sp³-hybridized carbons (Fsp3) is 0.167. The zero-order valence-electron chi connectivity index (χ0n) is 17.3. The van der Waals surface area contributed by atoms with E-state index in [2.05, 4.69) is 26.6 Å². The molecule has 0 saturated carbocycles. The van der Waals surface area contributed by atoms with Crippen LogP contribution in [0.2, 0.25) is 0 Å². The number of benzene rings is 3. The number of rotatable bonds is 8. The van der Waals surface area contributed by atoms with Crippen molar-refractivity contribution in [3.05, 3.63) is 82.3 Å². The third-order valence-electron chi connectivity index (χ3n) is 4.34. The molecule has 3 rings (SSSR count). The molecule has 6 nitrogen and oxygen atoms in total. The topological polar surface area (TPSA) is 76.7 Å². The summed E-state index contributed by atoms with van der Waals surface area (Å²) >= 11 is 3.41. The Labute approximate surface area is 189 Å². The van der Waals surface area contributed by atoms with Crippen LogP contribution in [0.25, 0.3) is 0 Å². The maximum atomic E-state index is 12.8. The molecule has 0 aliphatic rings. The summed E-state index contributed by atoms with van der Waals surface area (Å²) in [5.74, 6) is 0.738. The number of hydrogen-bond acceptors (Lipinski definition) is 4. The number of carbonyl (C=O) groups is 2. The lowest BCUT2D eigenvalue weighted by Crippen LogP contribution is -2.18. The van der Waals surface area contributed by atoms with E-state index in [4.69, 9.17) is 9.47 Å². The quantitative estimate of drug-likeness (QED) is 0.428. The molecule has 3 aromatic rings. The van der Waals surface area contributed by atoms with Crippen molar-refractivity contribution in [3.8, 4) is 11.5 Å². The van der Waals surface area contributed by atoms with E-state index in [1.54, 1.807) is 66.7 Å². The molecule has 0 heterocycles. The molecule has 0 aromatic heterocycles. The summed E-state index contributed by atoms with van der Waals surface area (Å²) in [4.78, 5) is 25.6. The van der Waals surface area contributed by atoms with E-state index in [1.807, 2.05) is 13.8 Å². The van der Waals surface area contributed by atoms with Gasteiger partial charge in [0.25, 0.3) is 11.8 Å². The Bertz CT molecular complexity index is 1070. The van der Waals surface area contributed by atoms with Crippen LogP contribution in [-0.2, 0) is 0 Å². The zero-order valence-corrected chi connectivity index (χ0v) is 18.9. The summed E-state index contributed by atoms with van der Waals surface area (Å²) in [5.41, 5.74) is 1.85. The molecule has 7 heteroatoms. The summed E-state index contributed by atoms with van der Waals surface area (Å²) in [5, 5.41) is 5.66. The minimum absolute atomic E-state index is 0.326. The first-order valence-corrected chi connectivity index (χ1v) is 10.7. The average molecular weight is 483 g/mol. The SMILES string of the molecule is CCOc1ccc(NC(=O)c2ccccc2NC(=O)c2ccc(OCC)c(Br)c2)cc1. The highest BCUT2D eigenvalue weighted by Crippen LogP contribution is 2.27. The monoisotopic (exact) mass is 482 g/mol. The fourth-order valence-electron chi connectivity index (χ4n) is 2.90. The van der Waals surface area contributed by atoms with Crippen molar-refractivity contribution in [2.45, 2.75) is 13.8 Å². The van der Waals surface area contributed by atoms with Crippen molar-refractivity contribution >= 4 is 39.1 Å². The van der Waals surface area contributed by atoms with Gasteiger partial charge in [0.2, 0.25) is 0 Å². The van der Waals surface area contributed by atoms with Gasteiger partial charge >= 0.3 is 0 Å². The van der Waals surface area contributed by atoms with Crippen molar-refractivity contribution in [1.82, 2.24) is 0 Å². The predicted octanol–water partition coefficient (Wildman–Crippen LogP) is 5.75. The minimum Gasteiger partial charge on any atom is -0.494 e. The molecule has 3 aromatic carbocycles. The maximum Gasteiger partial charge on any atom is 0.257 e. The van der Waals surface area contributed by atoms with E-state index in [9.17, 15) is 9.59 Å². The average Bonchev–Trinajstić information content (AvgIpc) is 2.77. The Morgan fingerprint density at radius 2 is 1.55 bits per heavy atom. The number of ether oxygens (including phenoxy) is 2. The highest BCUT2D eigenvalue weighted by atomic mass is 79.9. The van der Waals surface area contributed by atoms with Crippen molar-refractivity contribution in [2.24, 2.45) is 0 Å². The second-order valence-corrected chi connectivity index (χ2v) is 7.34. The third-order valence-corrected chi connectivity index (χ3v) is 4.96. The standard InChI is InChI=1S/C24H23BrN2O4/c1-3-30-18-12-10-17(11-13-18)26-24(29)19-7-5-6-8-21(19)27-23(28)16-9-14-22(31-4-2)20(25)15-16/h5-15H,3-4H2,1-2H3,(H,26,29)(H,27,28). The molecule has 2 N–H and O–H groups in total. The number of amides is 2. The van der Waals surface area contributed by atoms with E-state index in [1.165, 1.54) is 0 Å². The van der Waals surface area contributed by atoms with Gasteiger partial charge in [0.05, 0.1) is 28.9 Å². The van der Waals surface area contributed by atoms with Crippen LogP contribution in [0.1, 0.15) is 34.6 Å². The molecule has 0 radical (unpaired) electrons. The zero-order chi connectivity index (χ0) is 22.2. The van der Waals surface area contributed by atoms with Crippen LogP contribution in [0.3, 0.4) is 0 Å². The third kappa shape index (κ3) is 5.86. The van der Waals surface area contributed by atoms with E-state index >= 15 is 0 Å². The van der Waals surface area contributed by atoms with Crippen LogP contribution in [0.4, 0.5) is 11.4 Å². The van der Waals surface area contributed by atoms with E-state index < -0.39 is 0 Å². The van der Waals surface area contributed by atoms with E-state index in [0.29, 0.717) is 45.9 Å². The van der Waals surface area contributed by atoms with Crippen LogP contribution in [-0.4, -0.2) is 25.0 Å². The minimum atomic E-state index is -0.329. The number of carbonyl (C=O) groups excluding carboxylic acids is 2. The normalized spacial score (nSPS) is 10.3. The smallest absolute Gasteiger partial charge is 0.257 e. The van der Waals surface area contributed by atoms with Crippen LogP contribution in [0.5, 0.6) is 11.5 Å². The first kappa shape index (κ1) is 22.4. The highest BCUT2D eigenvalue weighted by molar-refractivity contribution is 9.10. The molecule has 0 atom stereocenters. The van der Waals surface area contributed by atoms with Crippen molar-refractivity contribution < 1.29 is 19.1 Å². The number of halogens is 1. The predicted molar refractivity (Wildman–Crippen MR) is 125 cm³/mol. The molecule has 160 valence electrons. The molecule has 0 saturated heterocycles. The second-order valence-electron chi connectivity index (χ2n) is 6.49. The first-order valence-electron chi connectivity index (χ1n) is 9.88.